The number of rotatable bonds is 8. The fourth-order valence-electron chi connectivity index (χ4n) is 1.35. The van der Waals surface area contributed by atoms with Gasteiger partial charge in [0, 0.05) is 17.5 Å². The highest BCUT2D eigenvalue weighted by atomic mass is 32.2. The minimum Gasteiger partial charge on any atom is -0.224 e. The Bertz CT molecular complexity index is 407. The molecule has 0 saturated heterocycles. The van der Waals surface area contributed by atoms with Crippen LogP contribution in [-0.4, -0.2) is 26.5 Å². The van der Waals surface area contributed by atoms with E-state index in [-0.39, 0.29) is 17.1 Å². The van der Waals surface area contributed by atoms with Crippen LogP contribution in [0.1, 0.15) is 26.7 Å². The quantitative estimate of drug-likeness (QED) is 0.638. The standard InChI is InChI=1S/C12H20NO2PS/c1-4-8-16(9-5-2)11-12(3)17(14,15)10-6-7-13/h4,8H,3,5-6,9-11H2,1-2H3. The molecule has 0 fully saturated rings. The van der Waals surface area contributed by atoms with E-state index in [9.17, 15) is 8.42 Å². The van der Waals surface area contributed by atoms with Gasteiger partial charge in [-0.2, -0.15) is 5.26 Å². The second kappa shape index (κ2) is 8.44. The van der Waals surface area contributed by atoms with Crippen molar-refractivity contribution in [2.75, 3.05) is 18.1 Å². The predicted octanol–water partition coefficient (Wildman–Crippen LogP) is 3.25. The Balaban J connectivity index is 4.55. The molecule has 0 bridgehead atoms. The van der Waals surface area contributed by atoms with Crippen molar-refractivity contribution in [1.82, 2.24) is 0 Å². The Morgan fingerprint density at radius 1 is 1.53 bits per heavy atom. The molecular formula is C12H20NO2PS. The zero-order valence-corrected chi connectivity index (χ0v) is 12.2. The maximum atomic E-state index is 11.8. The molecule has 5 heteroatoms. The van der Waals surface area contributed by atoms with Crippen molar-refractivity contribution in [2.45, 2.75) is 26.7 Å². The van der Waals surface area contributed by atoms with Crippen LogP contribution in [0.4, 0.5) is 0 Å². The SMILES string of the molecule is C=C(CP(C=CC)CCC)S(=O)(=O)CCC#N. The van der Waals surface area contributed by atoms with Gasteiger partial charge >= 0.3 is 0 Å². The Hall–Kier alpha value is -0.650. The summed E-state index contributed by atoms with van der Waals surface area (Å²) in [7, 11) is -3.71. The fraction of sp³-hybridized carbons (Fsp3) is 0.583. The normalized spacial score (nSPS) is 13.5. The molecule has 0 aliphatic heterocycles. The lowest BCUT2D eigenvalue weighted by atomic mass is 10.6. The fourth-order valence-corrected chi connectivity index (χ4v) is 5.15. The molecule has 96 valence electrons. The summed E-state index contributed by atoms with van der Waals surface area (Å²) in [5.41, 5.74) is 0. The molecule has 0 aliphatic carbocycles. The van der Waals surface area contributed by atoms with E-state index in [1.165, 1.54) is 0 Å². The second-order valence-electron chi connectivity index (χ2n) is 3.72. The second-order valence-corrected chi connectivity index (χ2v) is 8.17. The van der Waals surface area contributed by atoms with Crippen molar-refractivity contribution in [3.63, 3.8) is 0 Å². The Kier molecular flexibility index (Phi) is 8.12. The minimum atomic E-state index is -3.29. The molecular weight excluding hydrogens is 253 g/mol. The van der Waals surface area contributed by atoms with Gasteiger partial charge < -0.3 is 0 Å². The molecule has 0 aromatic carbocycles. The number of allylic oxidation sites excluding steroid dienone is 2. The van der Waals surface area contributed by atoms with E-state index < -0.39 is 17.8 Å². The zero-order valence-electron chi connectivity index (χ0n) is 10.5. The highest BCUT2D eigenvalue weighted by molar-refractivity contribution is 7.95. The number of sulfone groups is 1. The molecule has 0 N–H and O–H groups in total. The van der Waals surface area contributed by atoms with Crippen LogP contribution in [0.3, 0.4) is 0 Å². The lowest BCUT2D eigenvalue weighted by Gasteiger charge is -2.14. The van der Waals surface area contributed by atoms with Gasteiger partial charge in [-0.1, -0.05) is 39.7 Å². The molecule has 0 rings (SSSR count). The first kappa shape index (κ1) is 16.4. The predicted molar refractivity (Wildman–Crippen MR) is 74.9 cm³/mol. The zero-order chi connectivity index (χ0) is 13.3. The van der Waals surface area contributed by atoms with Crippen LogP contribution in [0.15, 0.2) is 23.4 Å². The Morgan fingerprint density at radius 2 is 2.18 bits per heavy atom. The highest BCUT2D eigenvalue weighted by Crippen LogP contribution is 2.40. The topological polar surface area (TPSA) is 57.9 Å². The molecule has 0 saturated carbocycles. The molecule has 17 heavy (non-hydrogen) atoms. The summed E-state index contributed by atoms with van der Waals surface area (Å²) in [5.74, 6) is 1.98. The average molecular weight is 273 g/mol. The van der Waals surface area contributed by atoms with Gasteiger partial charge in [0.15, 0.2) is 9.84 Å². The number of hydrogen-bond donors (Lipinski definition) is 0. The monoisotopic (exact) mass is 273 g/mol. The van der Waals surface area contributed by atoms with Crippen molar-refractivity contribution in [3.05, 3.63) is 23.4 Å². The van der Waals surface area contributed by atoms with E-state index in [2.05, 4.69) is 19.3 Å². The van der Waals surface area contributed by atoms with E-state index in [1.807, 2.05) is 19.1 Å². The molecule has 0 aliphatic rings. The lowest BCUT2D eigenvalue weighted by molar-refractivity contribution is 0.602. The summed E-state index contributed by atoms with van der Waals surface area (Å²) in [6.07, 6.45) is 4.60. The van der Waals surface area contributed by atoms with Crippen LogP contribution in [0, 0.1) is 11.3 Å². The van der Waals surface area contributed by atoms with Crippen LogP contribution in [-0.2, 0) is 9.84 Å². The van der Waals surface area contributed by atoms with Crippen LogP contribution in [0.25, 0.3) is 0 Å². The van der Waals surface area contributed by atoms with Crippen LogP contribution in [0.5, 0.6) is 0 Å². The van der Waals surface area contributed by atoms with Crippen LogP contribution < -0.4 is 0 Å². The summed E-state index contributed by atoms with van der Waals surface area (Å²) >= 11 is 0. The van der Waals surface area contributed by atoms with E-state index >= 15 is 0 Å². The van der Waals surface area contributed by atoms with Crippen LogP contribution >= 0.6 is 7.92 Å². The molecule has 0 aromatic rings. The summed E-state index contributed by atoms with van der Waals surface area (Å²) in [4.78, 5) is 0.283. The van der Waals surface area contributed by atoms with E-state index in [4.69, 9.17) is 5.26 Å². The van der Waals surface area contributed by atoms with Crippen molar-refractivity contribution in [2.24, 2.45) is 0 Å². The van der Waals surface area contributed by atoms with Crippen molar-refractivity contribution < 1.29 is 8.42 Å². The molecule has 0 spiro atoms. The van der Waals surface area contributed by atoms with Gasteiger partial charge in [-0.15, -0.1) is 0 Å². The maximum absolute atomic E-state index is 11.8. The molecule has 0 amide bonds. The molecule has 1 unspecified atom stereocenters. The summed E-state index contributed by atoms with van der Waals surface area (Å²) in [6, 6.07) is 1.85. The van der Waals surface area contributed by atoms with Crippen LogP contribution in [0.2, 0.25) is 0 Å². The third-order valence-corrected chi connectivity index (χ3v) is 6.68. The van der Waals surface area contributed by atoms with Gasteiger partial charge in [0.25, 0.3) is 0 Å². The average Bonchev–Trinajstić information content (AvgIpc) is 2.27. The van der Waals surface area contributed by atoms with Crippen molar-refractivity contribution >= 4 is 17.8 Å². The van der Waals surface area contributed by atoms with Gasteiger partial charge in [0.05, 0.1) is 11.8 Å². The van der Waals surface area contributed by atoms with Gasteiger partial charge in [-0.05, 0) is 13.1 Å². The summed E-state index contributed by atoms with van der Waals surface area (Å²) in [6.45, 7) is 7.70. The maximum Gasteiger partial charge on any atom is 0.175 e. The van der Waals surface area contributed by atoms with Gasteiger partial charge in [-0.25, -0.2) is 8.42 Å². The van der Waals surface area contributed by atoms with Gasteiger partial charge in [0.1, 0.15) is 0 Å². The summed E-state index contributed by atoms with van der Waals surface area (Å²) in [5, 5.41) is 8.41. The summed E-state index contributed by atoms with van der Waals surface area (Å²) < 4.78 is 23.5. The van der Waals surface area contributed by atoms with E-state index in [0.717, 1.165) is 12.6 Å². The number of nitriles is 1. The van der Waals surface area contributed by atoms with E-state index in [1.54, 1.807) is 0 Å². The first-order chi connectivity index (χ1) is 7.97. The number of nitrogens with zero attached hydrogens (tertiary/aromatic N) is 1. The molecule has 0 heterocycles. The largest absolute Gasteiger partial charge is 0.224 e. The third-order valence-electron chi connectivity index (χ3n) is 2.17. The molecule has 3 nitrogen and oxygen atoms in total. The molecule has 1 atom stereocenters. The van der Waals surface area contributed by atoms with Gasteiger partial charge in [-0.3, -0.25) is 0 Å². The smallest absolute Gasteiger partial charge is 0.175 e. The Morgan fingerprint density at radius 3 is 2.65 bits per heavy atom. The lowest BCUT2D eigenvalue weighted by Crippen LogP contribution is -2.10. The first-order valence-electron chi connectivity index (χ1n) is 5.62. The number of hydrogen-bond acceptors (Lipinski definition) is 3. The Labute approximate surface area is 106 Å². The van der Waals surface area contributed by atoms with Crippen molar-refractivity contribution in [1.29, 1.82) is 5.26 Å². The molecule has 0 radical (unpaired) electrons. The van der Waals surface area contributed by atoms with E-state index in [0.29, 0.717) is 6.16 Å². The highest BCUT2D eigenvalue weighted by Gasteiger charge is 2.18. The minimum absolute atomic E-state index is 0.0384. The first-order valence-corrected chi connectivity index (χ1v) is 9.05. The third kappa shape index (κ3) is 6.61. The molecule has 0 aromatic heterocycles. The van der Waals surface area contributed by atoms with Crippen molar-refractivity contribution in [3.8, 4) is 6.07 Å². The van der Waals surface area contributed by atoms with Gasteiger partial charge in [0.2, 0.25) is 0 Å².